The number of aryl methyl sites for hydroxylation is 1. The van der Waals surface area contributed by atoms with Crippen molar-refractivity contribution in [1.82, 2.24) is 9.97 Å². The first-order valence-corrected chi connectivity index (χ1v) is 7.58. The highest BCUT2D eigenvalue weighted by Gasteiger charge is 2.26. The lowest BCUT2D eigenvalue weighted by Gasteiger charge is -2.37. The molecule has 0 aliphatic carbocycles. The van der Waals surface area contributed by atoms with E-state index in [0.717, 1.165) is 42.2 Å². The van der Waals surface area contributed by atoms with Crippen LogP contribution >= 0.6 is 15.9 Å². The summed E-state index contributed by atoms with van der Waals surface area (Å²) in [6.45, 7) is 9.06. The fourth-order valence-corrected chi connectivity index (χ4v) is 2.70. The van der Waals surface area contributed by atoms with Gasteiger partial charge in [0, 0.05) is 25.6 Å². The number of halogens is 1. The van der Waals surface area contributed by atoms with E-state index in [-0.39, 0.29) is 0 Å². The van der Waals surface area contributed by atoms with Crippen LogP contribution in [0.15, 0.2) is 10.7 Å². The summed E-state index contributed by atoms with van der Waals surface area (Å²) in [5, 5.41) is 0. The molecule has 0 amide bonds. The van der Waals surface area contributed by atoms with Gasteiger partial charge in [-0.05, 0) is 40.6 Å². The third-order valence-corrected chi connectivity index (χ3v) is 4.05. The van der Waals surface area contributed by atoms with Crippen LogP contribution < -0.4 is 4.90 Å². The van der Waals surface area contributed by atoms with Crippen molar-refractivity contribution in [2.75, 3.05) is 18.0 Å². The zero-order chi connectivity index (χ0) is 13.2. The van der Waals surface area contributed by atoms with Gasteiger partial charge < -0.3 is 4.90 Å². The van der Waals surface area contributed by atoms with Crippen molar-refractivity contribution in [3.63, 3.8) is 0 Å². The quantitative estimate of drug-likeness (QED) is 0.795. The third-order valence-electron chi connectivity index (χ3n) is 3.64. The van der Waals surface area contributed by atoms with Gasteiger partial charge in [0.25, 0.3) is 0 Å². The van der Waals surface area contributed by atoms with Crippen molar-refractivity contribution >= 4 is 21.7 Å². The summed E-state index contributed by atoms with van der Waals surface area (Å²) < 4.78 is 0.904. The molecule has 2 heterocycles. The van der Waals surface area contributed by atoms with Crippen LogP contribution in [-0.4, -0.2) is 23.1 Å². The Bertz CT molecular complexity index is 408. The van der Waals surface area contributed by atoms with Crippen molar-refractivity contribution in [1.29, 1.82) is 0 Å². The predicted molar refractivity (Wildman–Crippen MR) is 79.0 cm³/mol. The highest BCUT2D eigenvalue weighted by atomic mass is 79.9. The first-order chi connectivity index (χ1) is 8.50. The summed E-state index contributed by atoms with van der Waals surface area (Å²) in [5.74, 6) is 2.03. The molecule has 1 saturated heterocycles. The summed E-state index contributed by atoms with van der Waals surface area (Å²) >= 11 is 3.49. The van der Waals surface area contributed by atoms with E-state index >= 15 is 0 Å². The second-order valence-corrected chi connectivity index (χ2v) is 6.68. The van der Waals surface area contributed by atoms with Gasteiger partial charge in [0.15, 0.2) is 0 Å². The van der Waals surface area contributed by atoms with E-state index in [2.05, 4.69) is 51.6 Å². The van der Waals surface area contributed by atoms with Crippen molar-refractivity contribution in [2.24, 2.45) is 5.41 Å². The largest absolute Gasteiger partial charge is 0.356 e. The van der Waals surface area contributed by atoms with E-state index in [1.807, 2.05) is 6.07 Å². The second-order valence-electron chi connectivity index (χ2n) is 5.87. The Morgan fingerprint density at radius 1 is 1.28 bits per heavy atom. The topological polar surface area (TPSA) is 29.0 Å². The van der Waals surface area contributed by atoms with Crippen molar-refractivity contribution < 1.29 is 0 Å². The van der Waals surface area contributed by atoms with Gasteiger partial charge in [-0.25, -0.2) is 9.97 Å². The molecule has 0 atom stereocenters. The Hall–Kier alpha value is -0.640. The zero-order valence-electron chi connectivity index (χ0n) is 11.5. The van der Waals surface area contributed by atoms with Crippen molar-refractivity contribution in [2.45, 2.75) is 46.5 Å². The molecule has 0 spiro atoms. The Kier molecular flexibility index (Phi) is 4.25. The van der Waals surface area contributed by atoms with E-state index in [9.17, 15) is 0 Å². The molecule has 1 aliphatic rings. The molecule has 4 heteroatoms. The first kappa shape index (κ1) is 13.8. The van der Waals surface area contributed by atoms with Crippen LogP contribution in [0, 0.1) is 5.41 Å². The molecular weight excluding hydrogens is 290 g/mol. The van der Waals surface area contributed by atoms with Crippen LogP contribution in [0.25, 0.3) is 0 Å². The molecule has 1 aromatic heterocycles. The minimum Gasteiger partial charge on any atom is -0.356 e. The molecule has 100 valence electrons. The van der Waals surface area contributed by atoms with E-state index in [1.54, 1.807) is 0 Å². The lowest BCUT2D eigenvalue weighted by molar-refractivity contribution is 0.279. The molecule has 0 N–H and O–H groups in total. The van der Waals surface area contributed by atoms with Gasteiger partial charge >= 0.3 is 0 Å². The molecule has 0 aromatic carbocycles. The summed E-state index contributed by atoms with van der Waals surface area (Å²) in [6, 6.07) is 2.04. The van der Waals surface area contributed by atoms with Gasteiger partial charge in [-0.3, -0.25) is 0 Å². The van der Waals surface area contributed by atoms with Crippen LogP contribution in [0.2, 0.25) is 0 Å². The maximum absolute atomic E-state index is 4.68. The highest BCUT2D eigenvalue weighted by molar-refractivity contribution is 9.10. The van der Waals surface area contributed by atoms with Crippen LogP contribution in [0.4, 0.5) is 5.82 Å². The third kappa shape index (κ3) is 3.44. The van der Waals surface area contributed by atoms with E-state index in [0.29, 0.717) is 5.41 Å². The molecule has 0 radical (unpaired) electrons. The second kappa shape index (κ2) is 5.55. The van der Waals surface area contributed by atoms with Crippen molar-refractivity contribution in [3.05, 3.63) is 16.5 Å². The summed E-state index contributed by atoms with van der Waals surface area (Å²) in [7, 11) is 0. The molecule has 18 heavy (non-hydrogen) atoms. The summed E-state index contributed by atoms with van der Waals surface area (Å²) in [5.41, 5.74) is 0.479. The SMILES string of the molecule is CCCc1nc(Br)cc(N2CCC(C)(C)CC2)n1. The minimum atomic E-state index is 0.479. The number of piperidine rings is 1. The maximum Gasteiger partial charge on any atom is 0.133 e. The van der Waals surface area contributed by atoms with E-state index in [4.69, 9.17) is 0 Å². The number of hydrogen-bond acceptors (Lipinski definition) is 3. The normalized spacial score (nSPS) is 19.0. The number of anilines is 1. The average Bonchev–Trinajstić information content (AvgIpc) is 2.28. The van der Waals surface area contributed by atoms with Gasteiger partial charge in [-0.2, -0.15) is 0 Å². The Morgan fingerprint density at radius 2 is 1.94 bits per heavy atom. The van der Waals surface area contributed by atoms with Crippen LogP contribution in [-0.2, 0) is 6.42 Å². The molecule has 3 nitrogen and oxygen atoms in total. The summed E-state index contributed by atoms with van der Waals surface area (Å²) in [6.07, 6.45) is 4.50. The Balaban J connectivity index is 2.13. The molecule has 0 unspecified atom stereocenters. The van der Waals surface area contributed by atoms with Gasteiger partial charge in [-0.1, -0.05) is 20.8 Å². The molecule has 1 fully saturated rings. The molecule has 0 bridgehead atoms. The van der Waals surface area contributed by atoms with Gasteiger partial charge in [0.2, 0.25) is 0 Å². The number of rotatable bonds is 3. The van der Waals surface area contributed by atoms with Crippen LogP contribution in [0.3, 0.4) is 0 Å². The fourth-order valence-electron chi connectivity index (χ4n) is 2.29. The molecular formula is C14H22BrN3. The molecule has 2 rings (SSSR count). The maximum atomic E-state index is 4.68. The van der Waals surface area contributed by atoms with Gasteiger partial charge in [0.05, 0.1) is 0 Å². The first-order valence-electron chi connectivity index (χ1n) is 6.78. The lowest BCUT2D eigenvalue weighted by atomic mass is 9.83. The van der Waals surface area contributed by atoms with Gasteiger partial charge in [0.1, 0.15) is 16.2 Å². The average molecular weight is 312 g/mol. The summed E-state index contributed by atoms with van der Waals surface area (Å²) in [4.78, 5) is 11.5. The smallest absolute Gasteiger partial charge is 0.133 e. The predicted octanol–water partition coefficient (Wildman–Crippen LogP) is 3.82. The Labute approximate surface area is 118 Å². The van der Waals surface area contributed by atoms with Crippen LogP contribution in [0.5, 0.6) is 0 Å². The molecule has 0 saturated carbocycles. The number of hydrogen-bond donors (Lipinski definition) is 0. The number of aromatic nitrogens is 2. The minimum absolute atomic E-state index is 0.479. The van der Waals surface area contributed by atoms with E-state index in [1.165, 1.54) is 12.8 Å². The highest BCUT2D eigenvalue weighted by Crippen LogP contribution is 2.32. The monoisotopic (exact) mass is 311 g/mol. The molecule has 1 aromatic rings. The number of nitrogens with zero attached hydrogens (tertiary/aromatic N) is 3. The molecule has 1 aliphatic heterocycles. The Morgan fingerprint density at radius 3 is 2.56 bits per heavy atom. The van der Waals surface area contributed by atoms with E-state index < -0.39 is 0 Å². The van der Waals surface area contributed by atoms with Crippen LogP contribution in [0.1, 0.15) is 45.9 Å². The lowest BCUT2D eigenvalue weighted by Crippen LogP contribution is -2.37. The zero-order valence-corrected chi connectivity index (χ0v) is 13.1. The van der Waals surface area contributed by atoms with Gasteiger partial charge in [-0.15, -0.1) is 0 Å². The van der Waals surface area contributed by atoms with Crippen molar-refractivity contribution in [3.8, 4) is 0 Å². The standard InChI is InChI=1S/C14H22BrN3/c1-4-5-12-16-11(15)10-13(17-12)18-8-6-14(2,3)7-9-18/h10H,4-9H2,1-3H3. The fraction of sp³-hybridized carbons (Fsp3) is 0.714.